The van der Waals surface area contributed by atoms with Crippen molar-refractivity contribution in [2.24, 2.45) is 0 Å². The highest BCUT2D eigenvalue weighted by atomic mass is 16.5. The van der Waals surface area contributed by atoms with Gasteiger partial charge in [0.25, 0.3) is 5.91 Å². The molecule has 28 heavy (non-hydrogen) atoms. The predicted octanol–water partition coefficient (Wildman–Crippen LogP) is 3.74. The van der Waals surface area contributed by atoms with E-state index in [-0.39, 0.29) is 12.5 Å². The maximum atomic E-state index is 12.4. The first-order valence-electron chi connectivity index (χ1n) is 8.97. The molecule has 3 aromatic rings. The molecule has 1 aliphatic rings. The molecular weight excluding hydrogens is 354 g/mol. The van der Waals surface area contributed by atoms with E-state index in [1.54, 1.807) is 31.4 Å². The van der Waals surface area contributed by atoms with Gasteiger partial charge in [-0.3, -0.25) is 9.59 Å². The second kappa shape index (κ2) is 7.56. The number of fused-ring (bicyclic) bond motifs is 3. The standard InChI is InChI=1S/C23H19NO4/c1-27-16-12-10-15(11-13-16)23(26)24-14-21(25)28-22-19-8-4-2-6-17(19)18-7-3-5-9-20(18)22/h2-13,22H,14H2,1H3,(H,24,26). The van der Waals surface area contributed by atoms with Crippen LogP contribution in [0.2, 0.25) is 0 Å². The maximum absolute atomic E-state index is 12.4. The van der Waals surface area contributed by atoms with Gasteiger partial charge in [0.15, 0.2) is 6.10 Å². The molecule has 1 amide bonds. The lowest BCUT2D eigenvalue weighted by atomic mass is 10.1. The van der Waals surface area contributed by atoms with Crippen LogP contribution in [0, 0.1) is 0 Å². The minimum Gasteiger partial charge on any atom is -0.497 e. The molecule has 0 saturated heterocycles. The molecule has 0 spiro atoms. The van der Waals surface area contributed by atoms with Gasteiger partial charge in [0.05, 0.1) is 7.11 Å². The van der Waals surface area contributed by atoms with E-state index >= 15 is 0 Å². The van der Waals surface area contributed by atoms with Gasteiger partial charge in [0.1, 0.15) is 12.3 Å². The van der Waals surface area contributed by atoms with Crippen molar-refractivity contribution in [3.05, 3.63) is 89.5 Å². The van der Waals surface area contributed by atoms with Crippen LogP contribution in [0.25, 0.3) is 11.1 Å². The first kappa shape index (κ1) is 17.8. The lowest BCUT2D eigenvalue weighted by Crippen LogP contribution is -2.31. The number of hydrogen-bond acceptors (Lipinski definition) is 4. The summed E-state index contributed by atoms with van der Waals surface area (Å²) in [5.41, 5.74) is 4.50. The van der Waals surface area contributed by atoms with Gasteiger partial charge in [-0.2, -0.15) is 0 Å². The molecule has 140 valence electrons. The summed E-state index contributed by atoms with van der Waals surface area (Å²) in [5, 5.41) is 2.60. The Hall–Kier alpha value is -3.60. The van der Waals surface area contributed by atoms with Gasteiger partial charge in [-0.1, -0.05) is 48.5 Å². The molecule has 5 heteroatoms. The van der Waals surface area contributed by atoms with Crippen molar-refractivity contribution in [3.8, 4) is 16.9 Å². The summed E-state index contributed by atoms with van der Waals surface area (Å²) in [7, 11) is 1.56. The molecule has 4 rings (SSSR count). The molecule has 0 aliphatic heterocycles. The molecule has 0 atom stereocenters. The van der Waals surface area contributed by atoms with E-state index in [1.807, 2.05) is 48.5 Å². The topological polar surface area (TPSA) is 64.6 Å². The van der Waals surface area contributed by atoms with Gasteiger partial charge in [0.2, 0.25) is 0 Å². The number of nitrogens with one attached hydrogen (secondary N) is 1. The van der Waals surface area contributed by atoms with E-state index in [2.05, 4.69) is 5.32 Å². The van der Waals surface area contributed by atoms with Gasteiger partial charge >= 0.3 is 5.97 Å². The highest BCUT2D eigenvalue weighted by Crippen LogP contribution is 2.44. The number of carbonyl (C=O) groups excluding carboxylic acids is 2. The minimum absolute atomic E-state index is 0.203. The molecule has 0 fully saturated rings. The third-order valence-corrected chi connectivity index (χ3v) is 4.77. The Bertz CT molecular complexity index is 981. The van der Waals surface area contributed by atoms with Crippen LogP contribution in [0.4, 0.5) is 0 Å². The van der Waals surface area contributed by atoms with Crippen molar-refractivity contribution in [2.45, 2.75) is 6.10 Å². The Morgan fingerprint density at radius 1 is 0.857 bits per heavy atom. The second-order valence-corrected chi connectivity index (χ2v) is 6.46. The van der Waals surface area contributed by atoms with Gasteiger partial charge in [-0.15, -0.1) is 0 Å². The van der Waals surface area contributed by atoms with Crippen molar-refractivity contribution < 1.29 is 19.1 Å². The number of ether oxygens (including phenoxy) is 2. The minimum atomic E-state index is -0.488. The number of carbonyl (C=O) groups is 2. The lowest BCUT2D eigenvalue weighted by Gasteiger charge is -2.15. The van der Waals surface area contributed by atoms with E-state index < -0.39 is 12.1 Å². The first-order chi connectivity index (χ1) is 13.7. The quantitative estimate of drug-likeness (QED) is 0.692. The zero-order chi connectivity index (χ0) is 19.5. The Morgan fingerprint density at radius 3 is 2.00 bits per heavy atom. The normalized spacial score (nSPS) is 12.0. The van der Waals surface area contributed by atoms with E-state index in [0.717, 1.165) is 22.3 Å². The van der Waals surface area contributed by atoms with Crippen molar-refractivity contribution in [2.75, 3.05) is 13.7 Å². The number of amides is 1. The van der Waals surface area contributed by atoms with Crippen molar-refractivity contribution in [1.82, 2.24) is 5.32 Å². The van der Waals surface area contributed by atoms with Gasteiger partial charge < -0.3 is 14.8 Å². The molecule has 0 saturated carbocycles. The average Bonchev–Trinajstić information content (AvgIpc) is 3.06. The first-order valence-corrected chi connectivity index (χ1v) is 8.97. The summed E-state index contributed by atoms with van der Waals surface area (Å²) in [6, 6.07) is 22.4. The van der Waals surface area contributed by atoms with Crippen LogP contribution < -0.4 is 10.1 Å². The monoisotopic (exact) mass is 373 g/mol. The van der Waals surface area contributed by atoms with E-state index in [0.29, 0.717) is 11.3 Å². The Kier molecular flexibility index (Phi) is 4.81. The van der Waals surface area contributed by atoms with Crippen LogP contribution in [-0.4, -0.2) is 25.5 Å². The molecule has 1 N–H and O–H groups in total. The third-order valence-electron chi connectivity index (χ3n) is 4.77. The smallest absolute Gasteiger partial charge is 0.326 e. The van der Waals surface area contributed by atoms with Crippen LogP contribution in [0.15, 0.2) is 72.8 Å². The predicted molar refractivity (Wildman–Crippen MR) is 105 cm³/mol. The number of rotatable bonds is 5. The van der Waals surface area contributed by atoms with Gasteiger partial charge in [0, 0.05) is 16.7 Å². The fraction of sp³-hybridized carbons (Fsp3) is 0.130. The average molecular weight is 373 g/mol. The van der Waals surface area contributed by atoms with Gasteiger partial charge in [-0.05, 0) is 35.4 Å². The number of methoxy groups -OCH3 is 1. The molecule has 0 bridgehead atoms. The largest absolute Gasteiger partial charge is 0.497 e. The highest BCUT2D eigenvalue weighted by molar-refractivity contribution is 5.96. The van der Waals surface area contributed by atoms with E-state index in [4.69, 9.17) is 9.47 Å². The van der Waals surface area contributed by atoms with Crippen molar-refractivity contribution in [3.63, 3.8) is 0 Å². The molecular formula is C23H19NO4. The fourth-order valence-electron chi connectivity index (χ4n) is 3.41. The summed E-state index contributed by atoms with van der Waals surface area (Å²) < 4.78 is 10.8. The highest BCUT2D eigenvalue weighted by Gasteiger charge is 2.30. The van der Waals surface area contributed by atoms with Crippen molar-refractivity contribution >= 4 is 11.9 Å². The molecule has 0 aromatic heterocycles. The molecule has 0 heterocycles. The summed E-state index contributed by atoms with van der Waals surface area (Å²) >= 11 is 0. The zero-order valence-electron chi connectivity index (χ0n) is 15.3. The Morgan fingerprint density at radius 2 is 1.43 bits per heavy atom. The van der Waals surface area contributed by atoms with Crippen LogP contribution in [0.3, 0.4) is 0 Å². The number of esters is 1. The van der Waals surface area contributed by atoms with Crippen LogP contribution >= 0.6 is 0 Å². The molecule has 0 radical (unpaired) electrons. The van der Waals surface area contributed by atoms with E-state index in [9.17, 15) is 9.59 Å². The second-order valence-electron chi connectivity index (χ2n) is 6.46. The molecule has 1 aliphatic carbocycles. The summed E-state index contributed by atoms with van der Waals surface area (Å²) in [5.74, 6) is -0.167. The SMILES string of the molecule is COc1ccc(C(=O)NCC(=O)OC2c3ccccc3-c3ccccc32)cc1. The summed E-state index contributed by atoms with van der Waals surface area (Å²) in [4.78, 5) is 24.6. The maximum Gasteiger partial charge on any atom is 0.326 e. The lowest BCUT2D eigenvalue weighted by molar-refractivity contribution is -0.146. The third kappa shape index (κ3) is 3.34. The zero-order valence-corrected chi connectivity index (χ0v) is 15.3. The molecule has 0 unspecified atom stereocenters. The number of benzene rings is 3. The van der Waals surface area contributed by atoms with E-state index in [1.165, 1.54) is 0 Å². The molecule has 5 nitrogen and oxygen atoms in total. The van der Waals surface area contributed by atoms with Crippen LogP contribution in [0.1, 0.15) is 27.6 Å². The van der Waals surface area contributed by atoms with Gasteiger partial charge in [-0.25, -0.2) is 0 Å². The Balaban J connectivity index is 1.43. The van der Waals surface area contributed by atoms with Crippen LogP contribution in [0.5, 0.6) is 5.75 Å². The summed E-state index contributed by atoms with van der Waals surface area (Å²) in [6.45, 7) is -0.203. The van der Waals surface area contributed by atoms with Crippen LogP contribution in [-0.2, 0) is 9.53 Å². The molecule has 3 aromatic carbocycles. The van der Waals surface area contributed by atoms with Crippen molar-refractivity contribution in [1.29, 1.82) is 0 Å². The summed E-state index contributed by atoms with van der Waals surface area (Å²) in [6.07, 6.45) is -0.460. The fourth-order valence-corrected chi connectivity index (χ4v) is 3.41. The number of hydrogen-bond donors (Lipinski definition) is 1. The Labute approximate surface area is 162 Å².